The van der Waals surface area contributed by atoms with Crippen molar-refractivity contribution in [2.75, 3.05) is 14.2 Å². The van der Waals surface area contributed by atoms with Gasteiger partial charge in [0.25, 0.3) is 0 Å². The first-order valence-electron chi connectivity index (χ1n) is 25.8. The van der Waals surface area contributed by atoms with Gasteiger partial charge in [-0.15, -0.1) is 29.8 Å². The fourth-order valence-corrected chi connectivity index (χ4v) is 13.7. The molecule has 83 heavy (non-hydrogen) atoms. The van der Waals surface area contributed by atoms with E-state index >= 15 is 0 Å². The second-order valence-corrected chi connectivity index (χ2v) is 24.8. The molecule has 0 N–H and O–H groups in total. The van der Waals surface area contributed by atoms with E-state index in [9.17, 15) is 0 Å². The smallest absolute Gasteiger partial charge is 0 e. The molecule has 0 saturated carbocycles. The van der Waals surface area contributed by atoms with Gasteiger partial charge < -0.3 is 57.0 Å². The van der Waals surface area contributed by atoms with Gasteiger partial charge in [0.15, 0.2) is 17.2 Å². The van der Waals surface area contributed by atoms with E-state index in [1.807, 2.05) is 158 Å². The molecule has 0 aliphatic heterocycles. The minimum absolute atomic E-state index is 0. The van der Waals surface area contributed by atoms with Crippen LogP contribution in [0.5, 0.6) is 11.5 Å². The van der Waals surface area contributed by atoms with Crippen LogP contribution in [-0.2, 0) is 49.3 Å². The molecule has 0 aromatic heterocycles. The molecule has 0 bridgehead atoms. The molecule has 11 heteroatoms. The molecular weight excluding hydrogens is 1270 g/mol. The van der Waals surface area contributed by atoms with Crippen LogP contribution < -0.4 is 41.3 Å². The van der Waals surface area contributed by atoms with Crippen molar-refractivity contribution in [1.82, 2.24) is 0 Å². The van der Waals surface area contributed by atoms with Crippen LogP contribution in [-0.4, -0.2) is 14.2 Å². The van der Waals surface area contributed by atoms with Crippen molar-refractivity contribution in [2.24, 2.45) is 0 Å². The fraction of sp³-hybridized carbons (Fsp3) is 0.0278. The first-order chi connectivity index (χ1) is 40.0. The summed E-state index contributed by atoms with van der Waals surface area (Å²) in [5, 5.41) is 8.08. The number of benzene rings is 8. The van der Waals surface area contributed by atoms with Crippen LogP contribution >= 0.6 is 35.2 Å². The summed E-state index contributed by atoms with van der Waals surface area (Å²) in [7, 11) is 11.1. The Kier molecular flexibility index (Phi) is 33.7. The third-order valence-electron chi connectivity index (χ3n) is 12.1. The average Bonchev–Trinajstić information content (AvgIpc) is 4.59. The molecule has 0 unspecified atom stereocenters. The molecule has 0 aliphatic carbocycles. The van der Waals surface area contributed by atoms with Crippen molar-refractivity contribution >= 4 is 78.4 Å². The maximum Gasteiger partial charge on any atom is 0 e. The summed E-state index contributed by atoms with van der Waals surface area (Å²) in [5.74, 6) is 1.94. The summed E-state index contributed by atoms with van der Waals surface area (Å²) in [4.78, 5) is 6.69. The normalized spacial score (nSPS) is 9.49. The van der Waals surface area contributed by atoms with Gasteiger partial charge in [-0.05, 0) is 72.8 Å². The largest absolute Gasteiger partial charge is 0.214 e. The summed E-state index contributed by atoms with van der Waals surface area (Å²) < 4.78 is 11.2. The Hall–Kier alpha value is -7.16. The van der Waals surface area contributed by atoms with Gasteiger partial charge in [-0.25, -0.2) is 34.0 Å². The topological polar surface area (TPSA) is 27.2 Å². The maximum atomic E-state index is 6.81. The van der Waals surface area contributed by atoms with Crippen LogP contribution in [0, 0.1) is 13.1 Å². The summed E-state index contributed by atoms with van der Waals surface area (Å²) in [6, 6.07) is 111. The molecule has 12 rings (SSSR count). The molecule has 0 aliphatic rings. The van der Waals surface area contributed by atoms with Crippen molar-refractivity contribution in [1.29, 1.82) is 0 Å². The Bertz CT molecular complexity index is 3210. The van der Waals surface area contributed by atoms with Crippen LogP contribution in [0.1, 0.15) is 0 Å². The maximum absolute atomic E-state index is 6.81. The van der Waals surface area contributed by atoms with Gasteiger partial charge >= 0.3 is 34.5 Å². The number of ether oxygens (including phenoxy) is 2. The zero-order valence-electron chi connectivity index (χ0n) is 45.7. The van der Waals surface area contributed by atoms with Crippen LogP contribution in [0.25, 0.3) is 31.9 Å². The van der Waals surface area contributed by atoms with E-state index in [-0.39, 0.29) is 49.3 Å². The van der Waals surface area contributed by atoms with Crippen LogP contribution in [0.3, 0.4) is 0 Å². The van der Waals surface area contributed by atoms with E-state index in [1.165, 1.54) is 43.0 Å². The van der Waals surface area contributed by atoms with Gasteiger partial charge in [0.2, 0.25) is 0 Å². The summed E-state index contributed by atoms with van der Waals surface area (Å²) in [5.41, 5.74) is 6.12. The number of hydrogen-bond donors (Lipinski definition) is 0. The zero-order valence-corrected chi connectivity index (χ0v) is 53.2. The molecule has 424 valence electrons. The minimum atomic E-state index is -1.04. The van der Waals surface area contributed by atoms with Crippen molar-refractivity contribution in [3.63, 3.8) is 0 Å². The fourth-order valence-electron chi connectivity index (χ4n) is 8.31. The van der Waals surface area contributed by atoms with E-state index in [0.717, 1.165) is 22.6 Å². The van der Waals surface area contributed by atoms with E-state index < -0.39 is 15.8 Å². The number of halogens is 2. The SMILES string of the molecule is COc1ccccc1[PH+](c1ccccc1)c1ccccc1.COc1ccccc1[PH+](c1ccccc1)c1ccccc1.[C-]#[N+]c1ccc(-[c-]2[cH-][cH-][cH-][cH-]2)cc1.[C-]#[N+]c1ccc(-[c-]2cccc2)cc1.[Cl][Ru+2][Cl].[Fe].[Fe].c1cc[cH-]c1.c1cc[cH-]c1. The zero-order chi connectivity index (χ0) is 57.0. The van der Waals surface area contributed by atoms with E-state index in [4.69, 9.17) is 42.0 Å². The monoisotopic (exact) mass is 1330 g/mol. The minimum Gasteiger partial charge on any atom is -0.214 e. The van der Waals surface area contributed by atoms with E-state index in [0.29, 0.717) is 11.4 Å². The Morgan fingerprint density at radius 3 is 0.988 bits per heavy atom. The molecule has 0 atom stereocenters. The van der Waals surface area contributed by atoms with E-state index in [1.54, 1.807) is 14.2 Å². The van der Waals surface area contributed by atoms with Crippen molar-refractivity contribution in [3.8, 4) is 33.8 Å². The van der Waals surface area contributed by atoms with Gasteiger partial charge in [0.1, 0.15) is 53.4 Å². The van der Waals surface area contributed by atoms with Crippen molar-refractivity contribution in [3.05, 3.63) is 350 Å². The van der Waals surface area contributed by atoms with Gasteiger partial charge in [0.05, 0.1) is 27.4 Å². The number of para-hydroxylation sites is 2. The summed E-state index contributed by atoms with van der Waals surface area (Å²) >= 11 is -0.346. The number of rotatable bonds is 10. The van der Waals surface area contributed by atoms with Crippen molar-refractivity contribution < 1.29 is 58.8 Å². The quantitative estimate of drug-likeness (QED) is 0.0775. The molecule has 0 saturated heterocycles. The van der Waals surface area contributed by atoms with Crippen molar-refractivity contribution in [2.45, 2.75) is 0 Å². The number of methoxy groups -OCH3 is 2. The molecule has 0 amide bonds. The molecule has 12 aromatic carbocycles. The summed E-state index contributed by atoms with van der Waals surface area (Å²) in [6.07, 6.45) is 0. The standard InChI is InChI=1S/2C19H17OP.2C12H8N.2C5H5.2ClH.2Fe.Ru/c2*1-20-18-14-8-9-15-19(18)21(16-10-4-2-5-11-16)17-12-6-3-7-13-17;2*1-13-12-8-6-11(7-9-12)10-4-2-3-5-10;2*1-2-4-5-3-1;;;;;/h2*2-15H,1H3;2*2-9H;2*1-5H;2*1H;;;/q;;-5;3*-1;;;;;+4. The molecule has 0 spiro atoms. The van der Waals surface area contributed by atoms with E-state index in [2.05, 4.69) is 180 Å². The molecule has 12 aromatic rings. The molecule has 0 radical (unpaired) electrons. The predicted molar refractivity (Wildman–Crippen MR) is 349 cm³/mol. The Morgan fingerprint density at radius 2 is 0.699 bits per heavy atom. The second kappa shape index (κ2) is 40.9. The Balaban J connectivity index is 0.000000223. The predicted octanol–water partition coefficient (Wildman–Crippen LogP) is 17.8. The van der Waals surface area contributed by atoms with Crippen LogP contribution in [0.2, 0.25) is 0 Å². The Labute approximate surface area is 531 Å². The third-order valence-corrected chi connectivity index (χ3v) is 17.6. The first kappa shape index (κ1) is 68.3. The third kappa shape index (κ3) is 23.2. The molecular formula is C72H62Cl2Fe2N2O2P2Ru-4. The van der Waals surface area contributed by atoms with Gasteiger partial charge in [0, 0.05) is 34.1 Å². The summed E-state index contributed by atoms with van der Waals surface area (Å²) in [6.45, 7) is 13.6. The van der Waals surface area contributed by atoms with Crippen LogP contribution in [0.15, 0.2) is 328 Å². The number of nitrogens with zero attached hydrogens (tertiary/aromatic N) is 2. The molecule has 4 nitrogen and oxygen atoms in total. The van der Waals surface area contributed by atoms with Gasteiger partial charge in [-0.2, -0.15) is 60.7 Å². The molecule has 0 fully saturated rings. The first-order valence-corrected chi connectivity index (χ1v) is 33.3. The molecule has 0 heterocycles. The Morgan fingerprint density at radius 1 is 0.398 bits per heavy atom. The van der Waals surface area contributed by atoms with Gasteiger partial charge in [-0.3, -0.25) is 0 Å². The average molecular weight is 1330 g/mol. The number of hydrogen-bond acceptors (Lipinski definition) is 2. The van der Waals surface area contributed by atoms with Crippen LogP contribution in [0.4, 0.5) is 11.4 Å². The second-order valence-electron chi connectivity index (χ2n) is 17.3. The van der Waals surface area contributed by atoms with Gasteiger partial charge in [-0.1, -0.05) is 115 Å².